The molecular formula is C18H21N3O2. The van der Waals surface area contributed by atoms with E-state index >= 15 is 0 Å². The van der Waals surface area contributed by atoms with Crippen LogP contribution < -0.4 is 10.6 Å². The molecule has 2 amide bonds. The molecule has 2 aromatic rings. The predicted molar refractivity (Wildman–Crippen MR) is 90.7 cm³/mol. The number of hydrogen-bond acceptors (Lipinski definition) is 3. The average Bonchev–Trinajstić information content (AvgIpc) is 2.50. The van der Waals surface area contributed by atoms with E-state index in [1.165, 1.54) is 0 Å². The highest BCUT2D eigenvalue weighted by atomic mass is 16.2. The van der Waals surface area contributed by atoms with Crippen LogP contribution in [0.15, 0.2) is 36.4 Å². The Morgan fingerprint density at radius 3 is 2.30 bits per heavy atom. The highest BCUT2D eigenvalue weighted by Gasteiger charge is 2.13. The van der Waals surface area contributed by atoms with Crippen LogP contribution >= 0.6 is 0 Å². The maximum Gasteiger partial charge on any atom is 0.274 e. The van der Waals surface area contributed by atoms with Crippen LogP contribution in [0.5, 0.6) is 0 Å². The number of anilines is 1. The zero-order chi connectivity index (χ0) is 17.0. The van der Waals surface area contributed by atoms with Crippen molar-refractivity contribution in [1.82, 2.24) is 10.3 Å². The lowest BCUT2D eigenvalue weighted by Gasteiger charge is -2.10. The van der Waals surface area contributed by atoms with E-state index in [-0.39, 0.29) is 29.2 Å². The number of nitrogens with zero attached hydrogens (tertiary/aromatic N) is 1. The number of rotatable bonds is 4. The molecule has 23 heavy (non-hydrogen) atoms. The Balaban J connectivity index is 2.20. The van der Waals surface area contributed by atoms with Gasteiger partial charge in [0.05, 0.1) is 0 Å². The van der Waals surface area contributed by atoms with Gasteiger partial charge in [0.2, 0.25) is 0 Å². The molecule has 2 rings (SSSR count). The summed E-state index contributed by atoms with van der Waals surface area (Å²) < 4.78 is 0. The first-order valence-corrected chi connectivity index (χ1v) is 7.53. The van der Waals surface area contributed by atoms with E-state index in [1.807, 2.05) is 45.9 Å². The molecule has 0 radical (unpaired) electrons. The van der Waals surface area contributed by atoms with Crippen molar-refractivity contribution >= 4 is 17.5 Å². The van der Waals surface area contributed by atoms with Gasteiger partial charge in [-0.1, -0.05) is 18.2 Å². The van der Waals surface area contributed by atoms with Gasteiger partial charge in [0, 0.05) is 11.7 Å². The Hall–Kier alpha value is -2.69. The van der Waals surface area contributed by atoms with Crippen LogP contribution in [0.2, 0.25) is 0 Å². The molecule has 0 aliphatic carbocycles. The zero-order valence-corrected chi connectivity index (χ0v) is 13.8. The summed E-state index contributed by atoms with van der Waals surface area (Å²) in [5, 5.41) is 5.60. The molecule has 5 nitrogen and oxygen atoms in total. The van der Waals surface area contributed by atoms with Crippen molar-refractivity contribution in [2.45, 2.75) is 33.7 Å². The normalized spacial score (nSPS) is 10.5. The summed E-state index contributed by atoms with van der Waals surface area (Å²) in [7, 11) is 0. The lowest BCUT2D eigenvalue weighted by atomic mass is 10.1. The summed E-state index contributed by atoms with van der Waals surface area (Å²) in [6, 6.07) is 10.7. The molecule has 1 aromatic carbocycles. The second-order valence-corrected chi connectivity index (χ2v) is 5.81. The molecule has 0 spiro atoms. The number of benzene rings is 1. The van der Waals surface area contributed by atoms with Gasteiger partial charge in [0.25, 0.3) is 11.8 Å². The molecular weight excluding hydrogens is 290 g/mol. The number of nitrogens with one attached hydrogen (secondary N) is 2. The van der Waals surface area contributed by atoms with Crippen molar-refractivity contribution in [3.05, 3.63) is 58.9 Å². The minimum Gasteiger partial charge on any atom is -0.349 e. The summed E-state index contributed by atoms with van der Waals surface area (Å²) in [4.78, 5) is 28.5. The van der Waals surface area contributed by atoms with Crippen molar-refractivity contribution in [1.29, 1.82) is 0 Å². The minimum absolute atomic E-state index is 0.0109. The van der Waals surface area contributed by atoms with Gasteiger partial charge < -0.3 is 10.6 Å². The van der Waals surface area contributed by atoms with Crippen molar-refractivity contribution in [3.8, 4) is 0 Å². The molecule has 5 heteroatoms. The Morgan fingerprint density at radius 2 is 1.65 bits per heavy atom. The minimum atomic E-state index is -0.335. The molecule has 0 saturated carbocycles. The summed E-state index contributed by atoms with van der Waals surface area (Å²) in [6.07, 6.45) is 0. The Kier molecular flexibility index (Phi) is 5.11. The molecule has 120 valence electrons. The molecule has 0 saturated heterocycles. The van der Waals surface area contributed by atoms with E-state index in [9.17, 15) is 9.59 Å². The average molecular weight is 311 g/mol. The lowest BCUT2D eigenvalue weighted by molar-refractivity contribution is 0.0938. The molecule has 0 aliphatic rings. The number of aromatic nitrogens is 1. The summed E-state index contributed by atoms with van der Waals surface area (Å²) >= 11 is 0. The van der Waals surface area contributed by atoms with Crippen LogP contribution in [0.25, 0.3) is 0 Å². The first kappa shape index (κ1) is 16.7. The molecule has 0 bridgehead atoms. The van der Waals surface area contributed by atoms with E-state index < -0.39 is 0 Å². The maximum absolute atomic E-state index is 12.4. The molecule has 1 aromatic heterocycles. The summed E-state index contributed by atoms with van der Waals surface area (Å²) in [6.45, 7) is 7.63. The molecule has 0 fully saturated rings. The second-order valence-electron chi connectivity index (χ2n) is 5.81. The first-order chi connectivity index (χ1) is 10.9. The summed E-state index contributed by atoms with van der Waals surface area (Å²) in [5.74, 6) is -0.626. The van der Waals surface area contributed by atoms with Gasteiger partial charge in [-0.05, 0) is 57.0 Å². The molecule has 0 unspecified atom stereocenters. The van der Waals surface area contributed by atoms with Gasteiger partial charge in [-0.3, -0.25) is 9.59 Å². The van der Waals surface area contributed by atoms with Gasteiger partial charge in [0.15, 0.2) is 0 Å². The monoisotopic (exact) mass is 311 g/mol. The fraction of sp³-hybridized carbons (Fsp3) is 0.278. The molecule has 2 N–H and O–H groups in total. The highest BCUT2D eigenvalue weighted by Crippen LogP contribution is 2.17. The third kappa shape index (κ3) is 4.39. The second kappa shape index (κ2) is 7.05. The van der Waals surface area contributed by atoms with Gasteiger partial charge in [-0.25, -0.2) is 4.98 Å². The predicted octanol–water partition coefficient (Wildman–Crippen LogP) is 3.09. The van der Waals surface area contributed by atoms with Crippen molar-refractivity contribution in [2.24, 2.45) is 0 Å². The van der Waals surface area contributed by atoms with Gasteiger partial charge in [-0.15, -0.1) is 0 Å². The smallest absolute Gasteiger partial charge is 0.274 e. The molecule has 0 atom stereocenters. The standard InChI is InChI=1S/C18H21N3O2/c1-11(2)19-17(22)14-6-5-7-15(20-14)18(23)21-16-10-12(3)8-9-13(16)4/h5-11H,1-4H3,(H,19,22)(H,21,23). The van der Waals surface area contributed by atoms with E-state index in [0.29, 0.717) is 0 Å². The van der Waals surface area contributed by atoms with Gasteiger partial charge >= 0.3 is 0 Å². The van der Waals surface area contributed by atoms with Crippen LogP contribution in [0.3, 0.4) is 0 Å². The van der Waals surface area contributed by atoms with Crippen molar-refractivity contribution < 1.29 is 9.59 Å². The van der Waals surface area contributed by atoms with Crippen molar-refractivity contribution in [3.63, 3.8) is 0 Å². The third-order valence-corrected chi connectivity index (χ3v) is 3.28. The quantitative estimate of drug-likeness (QED) is 0.911. The first-order valence-electron chi connectivity index (χ1n) is 7.53. The Labute approximate surface area is 136 Å². The van der Waals surface area contributed by atoms with E-state index in [2.05, 4.69) is 15.6 Å². The zero-order valence-electron chi connectivity index (χ0n) is 13.8. The molecule has 0 aliphatic heterocycles. The number of amides is 2. The Morgan fingerprint density at radius 1 is 1.00 bits per heavy atom. The SMILES string of the molecule is Cc1ccc(C)c(NC(=O)c2cccc(C(=O)NC(C)C)n2)c1. The van der Waals surface area contributed by atoms with E-state index in [4.69, 9.17) is 0 Å². The van der Waals surface area contributed by atoms with Crippen LogP contribution in [-0.4, -0.2) is 22.8 Å². The lowest BCUT2D eigenvalue weighted by Crippen LogP contribution is -2.31. The van der Waals surface area contributed by atoms with Crippen molar-refractivity contribution in [2.75, 3.05) is 5.32 Å². The van der Waals surface area contributed by atoms with Gasteiger partial charge in [-0.2, -0.15) is 0 Å². The van der Waals surface area contributed by atoms with Crippen LogP contribution in [0.4, 0.5) is 5.69 Å². The maximum atomic E-state index is 12.4. The number of pyridine rings is 1. The fourth-order valence-electron chi connectivity index (χ4n) is 2.08. The van der Waals surface area contributed by atoms with Crippen LogP contribution in [0, 0.1) is 13.8 Å². The fourth-order valence-corrected chi connectivity index (χ4v) is 2.08. The summed E-state index contributed by atoms with van der Waals surface area (Å²) in [5.41, 5.74) is 3.21. The Bertz CT molecular complexity index is 739. The number of aryl methyl sites for hydroxylation is 2. The van der Waals surface area contributed by atoms with E-state index in [1.54, 1.807) is 18.2 Å². The highest BCUT2D eigenvalue weighted by molar-refractivity contribution is 6.04. The number of carbonyl (C=O) groups excluding carboxylic acids is 2. The van der Waals surface area contributed by atoms with Crippen LogP contribution in [0.1, 0.15) is 46.0 Å². The van der Waals surface area contributed by atoms with Crippen LogP contribution in [-0.2, 0) is 0 Å². The number of hydrogen-bond donors (Lipinski definition) is 2. The third-order valence-electron chi connectivity index (χ3n) is 3.28. The largest absolute Gasteiger partial charge is 0.349 e. The molecule has 1 heterocycles. The number of carbonyl (C=O) groups is 2. The van der Waals surface area contributed by atoms with Gasteiger partial charge in [0.1, 0.15) is 11.4 Å². The van der Waals surface area contributed by atoms with E-state index in [0.717, 1.165) is 16.8 Å². The topological polar surface area (TPSA) is 71.1 Å².